The second-order valence-electron chi connectivity index (χ2n) is 10.6. The van der Waals surface area contributed by atoms with E-state index in [2.05, 4.69) is 120 Å². The number of carbonyl (C=O) groups is 1. The standard InChI is InChI=1S/C37H30N2O/c1-38-33-15-5-3-13-29(33)31-23-25(17-21-35(31)38)9-7-11-27-19-20-28(37(27)40)12-8-10-26-18-22-36-32(24-26)30-14-4-6-16-34(30)39(36)2/h3-18,21-24H,19-20H2,1-2H3/b9-7+,10-8+,27-11-,28-12+. The molecule has 0 saturated heterocycles. The Bertz CT molecular complexity index is 1940. The number of Topliss-reactive ketones (excluding diaryl/α,β-unsaturated/α-hetero) is 1. The predicted octanol–water partition coefficient (Wildman–Crippen LogP) is 8.92. The van der Waals surface area contributed by atoms with Crippen LogP contribution in [0, 0.1) is 0 Å². The number of hydrogen-bond donors (Lipinski definition) is 0. The minimum atomic E-state index is 0.156. The minimum Gasteiger partial charge on any atom is -0.344 e. The lowest BCUT2D eigenvalue weighted by atomic mass is 10.1. The van der Waals surface area contributed by atoms with Gasteiger partial charge in [0, 0.05) is 68.9 Å². The van der Waals surface area contributed by atoms with Crippen LogP contribution in [0.25, 0.3) is 55.8 Å². The van der Waals surface area contributed by atoms with Crippen LogP contribution in [0.5, 0.6) is 0 Å². The summed E-state index contributed by atoms with van der Waals surface area (Å²) in [6.45, 7) is 0. The molecule has 1 saturated carbocycles. The maximum Gasteiger partial charge on any atom is 0.185 e. The first-order valence-electron chi connectivity index (χ1n) is 13.8. The van der Waals surface area contributed by atoms with E-state index in [4.69, 9.17) is 0 Å². The second kappa shape index (κ2) is 9.69. The maximum absolute atomic E-state index is 13.0. The van der Waals surface area contributed by atoms with E-state index in [1.807, 2.05) is 24.3 Å². The average molecular weight is 519 g/mol. The van der Waals surface area contributed by atoms with Gasteiger partial charge in [-0.25, -0.2) is 0 Å². The van der Waals surface area contributed by atoms with Gasteiger partial charge in [-0.3, -0.25) is 4.79 Å². The first-order valence-corrected chi connectivity index (χ1v) is 13.8. The smallest absolute Gasteiger partial charge is 0.185 e. The fourth-order valence-corrected chi connectivity index (χ4v) is 6.15. The Kier molecular flexibility index (Phi) is 5.86. The Morgan fingerprint density at radius 1 is 0.550 bits per heavy atom. The number of aryl methyl sites for hydroxylation is 2. The first kappa shape index (κ1) is 24.2. The lowest BCUT2D eigenvalue weighted by Gasteiger charge is -1.98. The number of benzene rings is 4. The number of para-hydroxylation sites is 2. The van der Waals surface area contributed by atoms with Gasteiger partial charge >= 0.3 is 0 Å². The summed E-state index contributed by atoms with van der Waals surface area (Å²) in [6, 6.07) is 30.1. The number of allylic oxidation sites excluding steroid dienone is 6. The van der Waals surface area contributed by atoms with Crippen LogP contribution < -0.4 is 0 Å². The Morgan fingerprint density at radius 2 is 0.975 bits per heavy atom. The number of rotatable bonds is 4. The van der Waals surface area contributed by atoms with Crippen LogP contribution in [0.3, 0.4) is 0 Å². The fourth-order valence-electron chi connectivity index (χ4n) is 6.15. The molecule has 7 rings (SSSR count). The van der Waals surface area contributed by atoms with Crippen LogP contribution in [0.2, 0.25) is 0 Å². The molecule has 3 heteroatoms. The Hall–Kier alpha value is -4.89. The second-order valence-corrected chi connectivity index (χ2v) is 10.6. The first-order chi connectivity index (χ1) is 19.6. The van der Waals surface area contributed by atoms with E-state index in [1.54, 1.807) is 0 Å². The largest absolute Gasteiger partial charge is 0.344 e. The number of carbonyl (C=O) groups excluding carboxylic acids is 1. The van der Waals surface area contributed by atoms with Crippen molar-refractivity contribution in [3.05, 3.63) is 132 Å². The van der Waals surface area contributed by atoms with Gasteiger partial charge in [0.1, 0.15) is 0 Å². The van der Waals surface area contributed by atoms with Gasteiger partial charge in [0.05, 0.1) is 0 Å². The topological polar surface area (TPSA) is 26.9 Å². The van der Waals surface area contributed by atoms with Gasteiger partial charge in [-0.1, -0.05) is 85.0 Å². The molecule has 194 valence electrons. The zero-order valence-electron chi connectivity index (χ0n) is 22.8. The third kappa shape index (κ3) is 4.02. The zero-order chi connectivity index (χ0) is 27.2. The lowest BCUT2D eigenvalue weighted by Crippen LogP contribution is -1.94. The Morgan fingerprint density at radius 3 is 1.45 bits per heavy atom. The molecular weight excluding hydrogens is 488 g/mol. The fraction of sp³-hybridized carbons (Fsp3) is 0.108. The van der Waals surface area contributed by atoms with Gasteiger partial charge in [-0.05, 0) is 60.4 Å². The summed E-state index contributed by atoms with van der Waals surface area (Å²) in [5.74, 6) is 0.156. The van der Waals surface area contributed by atoms with Crippen LogP contribution in [0.1, 0.15) is 24.0 Å². The quantitative estimate of drug-likeness (QED) is 0.214. The molecule has 6 aromatic rings. The van der Waals surface area contributed by atoms with Crippen molar-refractivity contribution in [1.29, 1.82) is 0 Å². The summed E-state index contributed by atoms with van der Waals surface area (Å²) < 4.78 is 4.48. The molecule has 3 nitrogen and oxygen atoms in total. The van der Waals surface area contributed by atoms with Crippen LogP contribution in [0.4, 0.5) is 0 Å². The van der Waals surface area contributed by atoms with Gasteiger partial charge in [-0.2, -0.15) is 0 Å². The molecule has 0 bridgehead atoms. The summed E-state index contributed by atoms with van der Waals surface area (Å²) >= 11 is 0. The SMILES string of the molecule is Cn1c2ccccc2c2cc(/C=C/C=C3/CC/C(=C\C=C\c4ccc5c(c4)c4ccccc4n5C)C3=O)ccc21. The molecule has 0 amide bonds. The molecule has 0 unspecified atom stereocenters. The van der Waals surface area contributed by atoms with Crippen LogP contribution in [-0.4, -0.2) is 14.9 Å². The van der Waals surface area contributed by atoms with Gasteiger partial charge in [-0.15, -0.1) is 0 Å². The van der Waals surface area contributed by atoms with Crippen LogP contribution in [0.15, 0.2) is 120 Å². The molecule has 1 aliphatic carbocycles. The molecule has 4 aromatic carbocycles. The highest BCUT2D eigenvalue weighted by atomic mass is 16.1. The lowest BCUT2D eigenvalue weighted by molar-refractivity contribution is -0.111. The van der Waals surface area contributed by atoms with Crippen molar-refractivity contribution in [3.8, 4) is 0 Å². The maximum atomic E-state index is 13.0. The number of aromatic nitrogens is 2. The van der Waals surface area contributed by atoms with Crippen molar-refractivity contribution < 1.29 is 4.79 Å². The molecule has 2 heterocycles. The number of fused-ring (bicyclic) bond motifs is 6. The highest BCUT2D eigenvalue weighted by molar-refractivity contribution is 6.11. The summed E-state index contributed by atoms with van der Waals surface area (Å²) in [6.07, 6.45) is 13.7. The molecule has 0 aliphatic heterocycles. The van der Waals surface area contributed by atoms with E-state index >= 15 is 0 Å². The Labute approximate surface area is 233 Å². The van der Waals surface area contributed by atoms with E-state index in [1.165, 1.54) is 43.6 Å². The molecule has 0 atom stereocenters. The van der Waals surface area contributed by atoms with Crippen molar-refractivity contribution in [3.63, 3.8) is 0 Å². The van der Waals surface area contributed by atoms with E-state index in [9.17, 15) is 4.79 Å². The molecule has 2 aromatic heterocycles. The van der Waals surface area contributed by atoms with E-state index < -0.39 is 0 Å². The van der Waals surface area contributed by atoms with Crippen molar-refractivity contribution in [2.45, 2.75) is 12.8 Å². The van der Waals surface area contributed by atoms with Crippen molar-refractivity contribution in [2.75, 3.05) is 0 Å². The van der Waals surface area contributed by atoms with Crippen molar-refractivity contribution in [2.24, 2.45) is 14.1 Å². The number of ketones is 1. The predicted molar refractivity (Wildman–Crippen MR) is 169 cm³/mol. The van der Waals surface area contributed by atoms with E-state index in [0.717, 1.165) is 35.1 Å². The van der Waals surface area contributed by atoms with E-state index in [-0.39, 0.29) is 5.78 Å². The van der Waals surface area contributed by atoms with E-state index in [0.29, 0.717) is 0 Å². The zero-order valence-corrected chi connectivity index (χ0v) is 22.8. The highest BCUT2D eigenvalue weighted by Crippen LogP contribution is 2.31. The molecule has 0 radical (unpaired) electrons. The minimum absolute atomic E-state index is 0.156. The third-order valence-corrected chi connectivity index (χ3v) is 8.29. The molecule has 0 N–H and O–H groups in total. The summed E-state index contributed by atoms with van der Waals surface area (Å²) in [5, 5.41) is 5.03. The van der Waals surface area contributed by atoms with Crippen molar-refractivity contribution >= 4 is 61.5 Å². The normalized spacial score (nSPS) is 16.5. The van der Waals surface area contributed by atoms with Gasteiger partial charge in [0.15, 0.2) is 5.78 Å². The van der Waals surface area contributed by atoms with Gasteiger partial charge in [0.25, 0.3) is 0 Å². The summed E-state index contributed by atoms with van der Waals surface area (Å²) in [4.78, 5) is 13.0. The number of nitrogens with zero attached hydrogens (tertiary/aromatic N) is 2. The number of hydrogen-bond acceptors (Lipinski definition) is 1. The molecule has 1 fully saturated rings. The molecule has 40 heavy (non-hydrogen) atoms. The van der Waals surface area contributed by atoms with Crippen LogP contribution in [-0.2, 0) is 18.9 Å². The monoisotopic (exact) mass is 518 g/mol. The highest BCUT2D eigenvalue weighted by Gasteiger charge is 2.21. The third-order valence-electron chi connectivity index (χ3n) is 8.29. The summed E-state index contributed by atoms with van der Waals surface area (Å²) in [5.41, 5.74) is 8.93. The van der Waals surface area contributed by atoms with Crippen LogP contribution >= 0.6 is 0 Å². The van der Waals surface area contributed by atoms with Gasteiger partial charge in [0.2, 0.25) is 0 Å². The average Bonchev–Trinajstić information content (AvgIpc) is 3.59. The molecule has 0 spiro atoms. The van der Waals surface area contributed by atoms with Crippen molar-refractivity contribution in [1.82, 2.24) is 9.13 Å². The van der Waals surface area contributed by atoms with Gasteiger partial charge < -0.3 is 9.13 Å². The Balaban J connectivity index is 1.08. The molecular formula is C37H30N2O. The summed E-state index contributed by atoms with van der Waals surface area (Å²) in [7, 11) is 4.22. The molecule has 1 aliphatic rings.